The topological polar surface area (TPSA) is 227 Å². The van der Waals surface area contributed by atoms with Crippen molar-refractivity contribution < 1.29 is 55.6 Å². The number of benzene rings is 1. The zero-order valence-electron chi connectivity index (χ0n) is 9.60. The molecule has 0 saturated carbocycles. The third kappa shape index (κ3) is 12.9. The maximum atomic E-state index is 10.6. The fourth-order valence-electron chi connectivity index (χ4n) is 0.826. The summed E-state index contributed by atoms with van der Waals surface area (Å²) in [6.45, 7) is 0. The summed E-state index contributed by atoms with van der Waals surface area (Å²) >= 11 is -3.40. The van der Waals surface area contributed by atoms with Crippen molar-refractivity contribution in [2.75, 3.05) is 0 Å². The van der Waals surface area contributed by atoms with Gasteiger partial charge in [0.1, 0.15) is 0 Å². The fraction of sp³-hybridized carbons (Fsp3) is 0. The van der Waals surface area contributed by atoms with Gasteiger partial charge in [0.05, 0.1) is 4.92 Å². The first kappa shape index (κ1) is 21.4. The predicted octanol–water partition coefficient (Wildman–Crippen LogP) is -2.44. The minimum Gasteiger partial charge on any atom is -0.372 e. The summed E-state index contributed by atoms with van der Waals surface area (Å²) in [5.74, 6) is 0. The summed E-state index contributed by atoms with van der Waals surface area (Å²) in [5.41, 5.74) is -0.634. The first-order chi connectivity index (χ1) is 9.39. The van der Waals surface area contributed by atoms with Crippen LogP contribution in [0.15, 0.2) is 29.2 Å². The second-order valence-corrected chi connectivity index (χ2v) is 4.87. The Morgan fingerprint density at radius 1 is 1.10 bits per heavy atom. The van der Waals surface area contributed by atoms with E-state index in [1.54, 1.807) is 0 Å². The van der Waals surface area contributed by atoms with E-state index in [0.29, 0.717) is 0 Å². The van der Waals surface area contributed by atoms with Crippen LogP contribution >= 0.6 is 0 Å². The molecule has 0 aliphatic heterocycles. The molecule has 0 bridgehead atoms. The molecule has 3 N–H and O–H groups in total. The number of rotatable bonds is 2. The highest BCUT2D eigenvalue weighted by Crippen LogP contribution is 2.21. The van der Waals surface area contributed by atoms with E-state index in [-0.39, 0.29) is 0 Å². The van der Waals surface area contributed by atoms with Crippen LogP contribution in [-0.2, 0) is 10.1 Å². The second kappa shape index (κ2) is 9.91. The Morgan fingerprint density at radius 2 is 1.43 bits per heavy atom. The number of nitro benzene ring substituents is 1. The van der Waals surface area contributed by atoms with Gasteiger partial charge in [0, 0.05) is 6.07 Å². The Hall–Kier alpha value is -1.91. The molecular weight excluding hydrogens is 388 g/mol. The van der Waals surface area contributed by atoms with Gasteiger partial charge in [0.15, 0.2) is 4.90 Å². The molecule has 1 aromatic carbocycles. The van der Waals surface area contributed by atoms with Crippen molar-refractivity contribution in [2.24, 2.45) is 0 Å². The van der Waals surface area contributed by atoms with Gasteiger partial charge in [-0.15, -0.1) is 10.1 Å². The Bertz CT molecular complexity index is 567. The maximum Gasteiger partial charge on any atom is 0.433 e. The summed E-state index contributed by atoms with van der Waals surface area (Å²) < 4.78 is 54.1. The summed E-state index contributed by atoms with van der Waals surface area (Å²) in [5, 5.41) is 23.9. The fourth-order valence-corrected chi connectivity index (χ4v) is 1.48. The van der Waals surface area contributed by atoms with Gasteiger partial charge in [-0.3, -0.25) is 14.7 Å². The minimum absolute atomic E-state index is 0.634. The van der Waals surface area contributed by atoms with E-state index in [2.05, 4.69) is 0 Å². The lowest BCUT2D eigenvalue weighted by molar-refractivity contribution is -1.63. The monoisotopic (exact) mass is 394 g/mol. The van der Waals surface area contributed by atoms with Gasteiger partial charge in [-0.05, 0) is 10.3 Å². The predicted molar refractivity (Wildman–Crippen MR) is 53.9 cm³/mol. The minimum atomic E-state index is -4.52. The summed E-state index contributed by atoms with van der Waals surface area (Å²) in [7, 11) is -4.52. The average Bonchev–Trinajstić information content (AvgIpc) is 2.26. The van der Waals surface area contributed by atoms with Crippen molar-refractivity contribution in [3.63, 3.8) is 0 Å². The lowest BCUT2D eigenvalue weighted by Crippen LogP contribution is -2.30. The van der Waals surface area contributed by atoms with Crippen molar-refractivity contribution in [1.29, 1.82) is 0 Å². The SMILES string of the molecule is O=[N+]([O-])O.O=[N+]([O-])c1ccccc1S(=O)(=O)O.[O-][Br+2]([O-])O. The van der Waals surface area contributed by atoms with Crippen LogP contribution < -0.4 is 8.40 Å². The van der Waals surface area contributed by atoms with Gasteiger partial charge in [-0.25, -0.2) is 0 Å². The van der Waals surface area contributed by atoms with E-state index >= 15 is 0 Å². The number of halogens is 1. The van der Waals surface area contributed by atoms with Crippen LogP contribution in [-0.4, -0.2) is 32.4 Å². The molecule has 120 valence electrons. The zero-order chi connectivity index (χ0) is 17.2. The first-order valence-corrected chi connectivity index (χ1v) is 7.62. The molecule has 0 spiro atoms. The molecule has 0 aliphatic carbocycles. The summed E-state index contributed by atoms with van der Waals surface area (Å²) in [6, 6.07) is 4.57. The van der Waals surface area contributed by atoms with Crippen LogP contribution in [0.25, 0.3) is 0 Å². The summed E-state index contributed by atoms with van der Waals surface area (Å²) in [4.78, 5) is 17.1. The molecule has 0 saturated heterocycles. The average molecular weight is 395 g/mol. The number of nitrogens with zero attached hydrogens (tertiary/aromatic N) is 2. The smallest absolute Gasteiger partial charge is 0.372 e. The zero-order valence-corrected chi connectivity index (χ0v) is 12.0. The van der Waals surface area contributed by atoms with Gasteiger partial charge in [-0.2, -0.15) is 8.42 Å². The third-order valence-electron chi connectivity index (χ3n) is 1.34. The van der Waals surface area contributed by atoms with Gasteiger partial charge in [-0.1, -0.05) is 12.1 Å². The quantitative estimate of drug-likeness (QED) is 0.270. The largest absolute Gasteiger partial charge is 0.433 e. The molecule has 15 heteroatoms. The molecule has 0 aliphatic rings. The second-order valence-electron chi connectivity index (χ2n) is 2.64. The molecule has 0 atom stereocenters. The van der Waals surface area contributed by atoms with Crippen molar-refractivity contribution in [1.82, 2.24) is 0 Å². The molecular formula is C6H7BrN2O11S. The Labute approximate surface area is 121 Å². The van der Waals surface area contributed by atoms with Crippen LogP contribution in [0, 0.1) is 35.0 Å². The highest BCUT2D eigenvalue weighted by molar-refractivity contribution is 7.86. The molecule has 0 unspecified atom stereocenters. The molecule has 0 fully saturated rings. The van der Waals surface area contributed by atoms with Gasteiger partial charge >= 0.3 is 24.9 Å². The Morgan fingerprint density at radius 3 is 1.67 bits per heavy atom. The van der Waals surface area contributed by atoms with E-state index in [1.807, 2.05) is 0 Å². The van der Waals surface area contributed by atoms with Crippen molar-refractivity contribution in [3.8, 4) is 0 Å². The number of para-hydroxylation sites is 1. The standard InChI is InChI=1S/C6H5NO5S.BrHO3.HNO3/c8-7(9)5-3-1-2-4-6(5)13(10,11)12;2*2-1(3)4/h1-4H,(H,10,11,12);2H;(H,2,3,4). The van der Waals surface area contributed by atoms with Crippen molar-refractivity contribution >= 4 is 15.8 Å². The van der Waals surface area contributed by atoms with E-state index in [0.717, 1.165) is 12.1 Å². The van der Waals surface area contributed by atoms with Crippen molar-refractivity contribution in [3.05, 3.63) is 44.5 Å². The molecule has 21 heavy (non-hydrogen) atoms. The highest BCUT2D eigenvalue weighted by Gasteiger charge is 2.22. The summed E-state index contributed by atoms with van der Waals surface area (Å²) in [6.07, 6.45) is 0. The maximum absolute atomic E-state index is 10.6. The van der Waals surface area contributed by atoms with Crippen LogP contribution in [0.2, 0.25) is 0 Å². The van der Waals surface area contributed by atoms with E-state index in [1.165, 1.54) is 12.1 Å². The van der Waals surface area contributed by atoms with Crippen molar-refractivity contribution in [2.45, 2.75) is 4.90 Å². The molecule has 1 aromatic rings. The van der Waals surface area contributed by atoms with Gasteiger partial charge in [0.25, 0.3) is 10.8 Å². The van der Waals surface area contributed by atoms with E-state index in [4.69, 9.17) is 32.5 Å². The molecule has 1 rings (SSSR count). The van der Waals surface area contributed by atoms with E-state index < -0.39 is 45.5 Å². The number of hydrogen-bond donors (Lipinski definition) is 3. The van der Waals surface area contributed by atoms with Gasteiger partial charge < -0.3 is 13.6 Å². The van der Waals surface area contributed by atoms with Crippen LogP contribution in [0.5, 0.6) is 0 Å². The number of hydrogen-bond acceptors (Lipinski definition) is 9. The molecule has 0 aromatic heterocycles. The third-order valence-corrected chi connectivity index (χ3v) is 2.24. The highest BCUT2D eigenvalue weighted by atomic mass is 80.0. The number of nitro groups is 1. The molecule has 13 nitrogen and oxygen atoms in total. The Kier molecular flexibility index (Phi) is 10.1. The normalized spacial score (nSPS) is 9.76. The molecule has 0 amide bonds. The van der Waals surface area contributed by atoms with Gasteiger partial charge in [0.2, 0.25) is 0 Å². The molecule has 0 heterocycles. The lowest BCUT2D eigenvalue weighted by Gasteiger charge is -1.97. The molecule has 0 radical (unpaired) electrons. The first-order valence-electron chi connectivity index (χ1n) is 4.18. The van der Waals surface area contributed by atoms with E-state index in [9.17, 15) is 18.5 Å². The lowest BCUT2D eigenvalue weighted by atomic mass is 10.3. The van der Waals surface area contributed by atoms with Crippen LogP contribution in [0.3, 0.4) is 0 Å². The van der Waals surface area contributed by atoms with Crippen LogP contribution in [0.4, 0.5) is 5.69 Å². The Balaban J connectivity index is 0. The van der Waals surface area contributed by atoms with Crippen LogP contribution in [0.1, 0.15) is 0 Å².